The molecule has 3 aromatic rings. The Morgan fingerprint density at radius 3 is 2.29 bits per heavy atom. The second-order valence-electron chi connectivity index (χ2n) is 8.08. The Bertz CT molecular complexity index is 999. The summed E-state index contributed by atoms with van der Waals surface area (Å²) in [4.78, 5) is 17.2. The Kier molecular flexibility index (Phi) is 7.10. The highest BCUT2D eigenvalue weighted by molar-refractivity contribution is 5.94. The molecule has 0 spiro atoms. The molecule has 3 rings (SSSR count). The van der Waals surface area contributed by atoms with Crippen molar-refractivity contribution in [2.45, 2.75) is 52.7 Å². The van der Waals surface area contributed by atoms with Crippen molar-refractivity contribution in [3.63, 3.8) is 0 Å². The SMILES string of the molecule is CC[C@@H](C)N(Cc1c(-c2ccccc2)noc1N(C)C(C)C)C(=O)c1ccc(F)cc1. The zero-order valence-corrected chi connectivity index (χ0v) is 18.8. The van der Waals surface area contributed by atoms with Gasteiger partial charge in [-0.1, -0.05) is 42.4 Å². The number of halogens is 1. The normalized spacial score (nSPS) is 12.1. The summed E-state index contributed by atoms with van der Waals surface area (Å²) in [5.74, 6) is 0.139. The van der Waals surface area contributed by atoms with Gasteiger partial charge in [0.15, 0.2) is 0 Å². The van der Waals surface area contributed by atoms with Crippen LogP contribution in [0.3, 0.4) is 0 Å². The van der Waals surface area contributed by atoms with E-state index in [0.717, 1.165) is 23.2 Å². The van der Waals surface area contributed by atoms with Crippen LogP contribution in [0.25, 0.3) is 11.3 Å². The molecular weight excluding hydrogens is 393 g/mol. The highest BCUT2D eigenvalue weighted by Crippen LogP contribution is 2.33. The first-order chi connectivity index (χ1) is 14.8. The van der Waals surface area contributed by atoms with Crippen LogP contribution in [0.4, 0.5) is 10.3 Å². The van der Waals surface area contributed by atoms with E-state index >= 15 is 0 Å². The van der Waals surface area contributed by atoms with E-state index in [2.05, 4.69) is 19.0 Å². The smallest absolute Gasteiger partial charge is 0.254 e. The zero-order chi connectivity index (χ0) is 22.5. The van der Waals surface area contributed by atoms with Crippen molar-refractivity contribution in [3.8, 4) is 11.3 Å². The number of anilines is 1. The molecular formula is C25H30FN3O2. The van der Waals surface area contributed by atoms with Gasteiger partial charge >= 0.3 is 0 Å². The van der Waals surface area contributed by atoms with Crippen LogP contribution < -0.4 is 4.90 Å². The van der Waals surface area contributed by atoms with E-state index in [4.69, 9.17) is 4.52 Å². The Labute approximate surface area is 183 Å². The molecule has 6 heteroatoms. The van der Waals surface area contributed by atoms with Gasteiger partial charge < -0.3 is 14.3 Å². The standard InChI is InChI=1S/C25H30FN3O2/c1-6-18(4)29(24(30)20-12-14-21(26)15-13-20)16-22-23(19-10-8-7-9-11-19)27-31-25(22)28(5)17(2)3/h7-15,17-18H,6,16H2,1-5H3/t18-/m1/s1. The molecule has 1 atom stereocenters. The molecule has 5 nitrogen and oxygen atoms in total. The van der Waals surface area contributed by atoms with Gasteiger partial charge in [0, 0.05) is 30.3 Å². The summed E-state index contributed by atoms with van der Waals surface area (Å²) in [5.41, 5.74) is 2.97. The van der Waals surface area contributed by atoms with Crippen molar-refractivity contribution in [2.75, 3.05) is 11.9 Å². The number of amides is 1. The summed E-state index contributed by atoms with van der Waals surface area (Å²) in [5, 5.41) is 4.37. The molecule has 1 heterocycles. The van der Waals surface area contributed by atoms with Crippen LogP contribution in [-0.2, 0) is 6.54 Å². The summed E-state index contributed by atoms with van der Waals surface area (Å²) >= 11 is 0. The predicted molar refractivity (Wildman–Crippen MR) is 122 cm³/mol. The summed E-state index contributed by atoms with van der Waals surface area (Å²) < 4.78 is 19.2. The number of aromatic nitrogens is 1. The topological polar surface area (TPSA) is 49.6 Å². The molecule has 1 amide bonds. The van der Waals surface area contributed by atoms with Gasteiger partial charge in [-0.15, -0.1) is 0 Å². The van der Waals surface area contributed by atoms with Gasteiger partial charge in [-0.05, 0) is 51.5 Å². The predicted octanol–water partition coefficient (Wildman–Crippen LogP) is 5.77. The zero-order valence-electron chi connectivity index (χ0n) is 18.8. The molecule has 1 aromatic heterocycles. The van der Waals surface area contributed by atoms with Gasteiger partial charge in [0.1, 0.15) is 11.5 Å². The number of rotatable bonds is 8. The summed E-state index contributed by atoms with van der Waals surface area (Å²) in [6.45, 7) is 8.55. The van der Waals surface area contributed by atoms with Gasteiger partial charge in [-0.25, -0.2) is 4.39 Å². The average Bonchev–Trinajstić information content (AvgIpc) is 3.20. The van der Waals surface area contributed by atoms with Crippen LogP contribution in [0.1, 0.15) is 50.0 Å². The van der Waals surface area contributed by atoms with Crippen molar-refractivity contribution in [1.29, 1.82) is 0 Å². The second kappa shape index (κ2) is 9.77. The fourth-order valence-electron chi connectivity index (χ4n) is 3.35. The maximum absolute atomic E-state index is 13.4. The van der Waals surface area contributed by atoms with E-state index in [0.29, 0.717) is 18.0 Å². The number of hydrogen-bond donors (Lipinski definition) is 0. The fraction of sp³-hybridized carbons (Fsp3) is 0.360. The number of benzene rings is 2. The molecule has 0 bridgehead atoms. The Hall–Kier alpha value is -3.15. The van der Waals surface area contributed by atoms with Crippen LogP contribution in [0.2, 0.25) is 0 Å². The van der Waals surface area contributed by atoms with E-state index in [1.807, 2.05) is 61.0 Å². The third kappa shape index (κ3) is 4.95. The van der Waals surface area contributed by atoms with E-state index in [1.165, 1.54) is 24.3 Å². The number of hydrogen-bond acceptors (Lipinski definition) is 4. The monoisotopic (exact) mass is 423 g/mol. The molecule has 0 N–H and O–H groups in total. The van der Waals surface area contributed by atoms with Crippen LogP contribution >= 0.6 is 0 Å². The maximum Gasteiger partial charge on any atom is 0.254 e. The average molecular weight is 424 g/mol. The Morgan fingerprint density at radius 1 is 1.06 bits per heavy atom. The minimum atomic E-state index is -0.363. The maximum atomic E-state index is 13.4. The van der Waals surface area contributed by atoms with Gasteiger partial charge in [-0.3, -0.25) is 4.79 Å². The van der Waals surface area contributed by atoms with Gasteiger partial charge in [0.2, 0.25) is 5.88 Å². The lowest BCUT2D eigenvalue weighted by molar-refractivity contribution is 0.0672. The molecule has 0 aliphatic heterocycles. The first-order valence-corrected chi connectivity index (χ1v) is 10.7. The first kappa shape index (κ1) is 22.5. The molecule has 0 aliphatic rings. The molecule has 0 saturated carbocycles. The molecule has 31 heavy (non-hydrogen) atoms. The third-order valence-corrected chi connectivity index (χ3v) is 5.71. The van der Waals surface area contributed by atoms with Crippen molar-refractivity contribution >= 4 is 11.8 Å². The lowest BCUT2D eigenvalue weighted by Gasteiger charge is -2.30. The quantitative estimate of drug-likeness (QED) is 0.462. The highest BCUT2D eigenvalue weighted by atomic mass is 19.1. The molecule has 0 radical (unpaired) electrons. The molecule has 0 fully saturated rings. The lowest BCUT2D eigenvalue weighted by atomic mass is 10.0. The first-order valence-electron chi connectivity index (χ1n) is 10.7. The minimum absolute atomic E-state index is 0.0201. The van der Waals surface area contributed by atoms with Crippen molar-refractivity contribution in [1.82, 2.24) is 10.1 Å². The molecule has 0 unspecified atom stereocenters. The summed E-state index contributed by atoms with van der Waals surface area (Å²) in [7, 11) is 1.96. The molecule has 164 valence electrons. The van der Waals surface area contributed by atoms with Crippen molar-refractivity contribution < 1.29 is 13.7 Å². The van der Waals surface area contributed by atoms with Gasteiger partial charge in [-0.2, -0.15) is 0 Å². The fourth-order valence-corrected chi connectivity index (χ4v) is 3.35. The number of carbonyl (C=O) groups is 1. The summed E-state index contributed by atoms with van der Waals surface area (Å²) in [6.07, 6.45) is 0.786. The van der Waals surface area contributed by atoms with Crippen LogP contribution in [0.5, 0.6) is 0 Å². The molecule has 0 aliphatic carbocycles. The molecule has 0 saturated heterocycles. The van der Waals surface area contributed by atoms with E-state index < -0.39 is 0 Å². The van der Waals surface area contributed by atoms with Crippen molar-refractivity contribution in [2.24, 2.45) is 0 Å². The number of nitrogens with zero attached hydrogens (tertiary/aromatic N) is 3. The van der Waals surface area contributed by atoms with E-state index in [-0.39, 0.29) is 23.8 Å². The number of carbonyl (C=O) groups excluding carboxylic acids is 1. The summed E-state index contributed by atoms with van der Waals surface area (Å²) in [6, 6.07) is 15.7. The second-order valence-corrected chi connectivity index (χ2v) is 8.08. The van der Waals surface area contributed by atoms with Crippen LogP contribution in [-0.4, -0.2) is 35.1 Å². The van der Waals surface area contributed by atoms with E-state index in [9.17, 15) is 9.18 Å². The van der Waals surface area contributed by atoms with Gasteiger partial charge in [0.25, 0.3) is 5.91 Å². The Balaban J connectivity index is 2.06. The third-order valence-electron chi connectivity index (χ3n) is 5.71. The Morgan fingerprint density at radius 2 is 1.71 bits per heavy atom. The molecule has 2 aromatic carbocycles. The van der Waals surface area contributed by atoms with E-state index in [1.54, 1.807) is 0 Å². The van der Waals surface area contributed by atoms with Gasteiger partial charge in [0.05, 0.1) is 12.1 Å². The van der Waals surface area contributed by atoms with Crippen molar-refractivity contribution in [3.05, 3.63) is 71.5 Å². The highest BCUT2D eigenvalue weighted by Gasteiger charge is 2.28. The lowest BCUT2D eigenvalue weighted by Crippen LogP contribution is -2.38. The van der Waals surface area contributed by atoms with Crippen LogP contribution in [0.15, 0.2) is 59.1 Å². The minimum Gasteiger partial charge on any atom is -0.341 e. The largest absolute Gasteiger partial charge is 0.341 e. The van der Waals surface area contributed by atoms with Crippen LogP contribution in [0, 0.1) is 5.82 Å².